The van der Waals surface area contributed by atoms with Crippen LogP contribution < -0.4 is 17.1 Å². The zero-order valence-corrected chi connectivity index (χ0v) is 22.0. The minimum absolute atomic E-state index is 0. The van der Waals surface area contributed by atoms with Gasteiger partial charge < -0.3 is 26.4 Å². The summed E-state index contributed by atoms with van der Waals surface area (Å²) in [7, 11) is 4.50. The van der Waals surface area contributed by atoms with E-state index in [9.17, 15) is 0 Å². The maximum atomic E-state index is 5.91. The molecule has 0 amide bonds. The number of hydrogen-bond acceptors (Lipinski definition) is 2. The number of ether oxygens (including phenoxy) is 2. The SMILES string of the molecule is CCC(C)(CC(C)(C)C)c1ccc(OCCOCC[N+](C)(C)Cc2ccccc2)cc1.[Cl-]. The van der Waals surface area contributed by atoms with Crippen molar-refractivity contribution in [3.05, 3.63) is 65.7 Å². The molecule has 3 nitrogen and oxygen atoms in total. The molecule has 0 N–H and O–H groups in total. The van der Waals surface area contributed by atoms with Gasteiger partial charge in [-0.1, -0.05) is 77.1 Å². The number of likely N-dealkylation sites (N-methyl/N-ethyl adjacent to an activating group) is 1. The van der Waals surface area contributed by atoms with Gasteiger partial charge in [-0.2, -0.15) is 0 Å². The number of quaternary nitrogens is 1. The van der Waals surface area contributed by atoms with E-state index < -0.39 is 0 Å². The van der Waals surface area contributed by atoms with Crippen LogP contribution in [0.25, 0.3) is 0 Å². The smallest absolute Gasteiger partial charge is 0.119 e. The molecule has 180 valence electrons. The van der Waals surface area contributed by atoms with Gasteiger partial charge >= 0.3 is 0 Å². The monoisotopic (exact) mass is 461 g/mol. The van der Waals surface area contributed by atoms with Crippen LogP contribution in [0.3, 0.4) is 0 Å². The van der Waals surface area contributed by atoms with Gasteiger partial charge in [-0.3, -0.25) is 0 Å². The van der Waals surface area contributed by atoms with Gasteiger partial charge in [-0.05, 0) is 41.4 Å². The molecule has 0 aliphatic heterocycles. The van der Waals surface area contributed by atoms with Gasteiger partial charge in [0.2, 0.25) is 0 Å². The summed E-state index contributed by atoms with van der Waals surface area (Å²) >= 11 is 0. The summed E-state index contributed by atoms with van der Waals surface area (Å²) in [4.78, 5) is 0. The van der Waals surface area contributed by atoms with Crippen LogP contribution >= 0.6 is 0 Å². The summed E-state index contributed by atoms with van der Waals surface area (Å²) in [5, 5.41) is 0. The average Bonchev–Trinajstić information content (AvgIpc) is 2.70. The molecule has 0 aliphatic carbocycles. The van der Waals surface area contributed by atoms with E-state index in [-0.39, 0.29) is 17.8 Å². The van der Waals surface area contributed by atoms with E-state index in [1.165, 1.54) is 17.5 Å². The van der Waals surface area contributed by atoms with Gasteiger partial charge in [0, 0.05) is 5.56 Å². The highest BCUT2D eigenvalue weighted by atomic mass is 35.5. The Bertz CT molecular complexity index is 768. The van der Waals surface area contributed by atoms with Crippen molar-refractivity contribution in [3.63, 3.8) is 0 Å². The molecule has 0 spiro atoms. The Morgan fingerprint density at radius 3 is 2.00 bits per heavy atom. The number of benzene rings is 2. The Morgan fingerprint density at radius 2 is 1.44 bits per heavy atom. The largest absolute Gasteiger partial charge is 1.00 e. The summed E-state index contributed by atoms with van der Waals surface area (Å²) < 4.78 is 12.7. The van der Waals surface area contributed by atoms with Gasteiger partial charge in [0.05, 0.1) is 27.3 Å². The van der Waals surface area contributed by atoms with E-state index in [1.807, 2.05) is 0 Å². The van der Waals surface area contributed by atoms with Crippen LogP contribution in [0.4, 0.5) is 0 Å². The van der Waals surface area contributed by atoms with Crippen molar-refractivity contribution in [1.29, 1.82) is 0 Å². The third-order valence-corrected chi connectivity index (χ3v) is 6.04. The van der Waals surface area contributed by atoms with Crippen LogP contribution in [-0.2, 0) is 16.7 Å². The van der Waals surface area contributed by atoms with Crippen LogP contribution in [0.5, 0.6) is 5.75 Å². The first-order valence-corrected chi connectivity index (χ1v) is 11.7. The quantitative estimate of drug-likeness (QED) is 0.356. The Morgan fingerprint density at radius 1 is 0.812 bits per heavy atom. The second-order valence-corrected chi connectivity index (χ2v) is 10.9. The van der Waals surface area contributed by atoms with Gasteiger partial charge in [0.15, 0.2) is 0 Å². The molecular weight excluding hydrogens is 418 g/mol. The lowest BCUT2D eigenvalue weighted by Gasteiger charge is -2.35. The molecule has 2 aromatic carbocycles. The maximum absolute atomic E-state index is 5.91. The number of hydrogen-bond donors (Lipinski definition) is 0. The second-order valence-electron chi connectivity index (χ2n) is 10.9. The van der Waals surface area contributed by atoms with Crippen molar-refractivity contribution in [2.24, 2.45) is 5.41 Å². The molecule has 0 radical (unpaired) electrons. The minimum atomic E-state index is 0. The average molecular weight is 462 g/mol. The molecule has 1 atom stereocenters. The Labute approximate surface area is 203 Å². The van der Waals surface area contributed by atoms with Crippen molar-refractivity contribution in [2.45, 2.75) is 59.4 Å². The highest BCUT2D eigenvalue weighted by Crippen LogP contribution is 2.39. The summed E-state index contributed by atoms with van der Waals surface area (Å²) in [6.07, 6.45) is 2.31. The van der Waals surface area contributed by atoms with Crippen LogP contribution in [-0.4, -0.2) is 44.9 Å². The predicted octanol–water partition coefficient (Wildman–Crippen LogP) is 3.47. The molecular formula is C28H44ClNO2. The Kier molecular flexibility index (Phi) is 11.2. The summed E-state index contributed by atoms with van der Waals surface area (Å²) in [5.74, 6) is 0.918. The summed E-state index contributed by atoms with van der Waals surface area (Å²) in [5.41, 5.74) is 3.27. The lowest BCUT2D eigenvalue weighted by atomic mass is 9.69. The topological polar surface area (TPSA) is 18.5 Å². The van der Waals surface area contributed by atoms with Crippen molar-refractivity contribution in [1.82, 2.24) is 0 Å². The van der Waals surface area contributed by atoms with Gasteiger partial charge in [-0.25, -0.2) is 0 Å². The molecule has 2 rings (SSSR count). The second kappa shape index (κ2) is 12.6. The summed E-state index contributed by atoms with van der Waals surface area (Å²) in [6.45, 7) is 15.5. The van der Waals surface area contributed by atoms with Crippen LogP contribution in [0, 0.1) is 5.41 Å². The van der Waals surface area contributed by atoms with Gasteiger partial charge in [-0.15, -0.1) is 0 Å². The molecule has 0 aliphatic rings. The molecule has 0 bridgehead atoms. The molecule has 0 fully saturated rings. The molecule has 0 saturated heterocycles. The van der Waals surface area contributed by atoms with Crippen molar-refractivity contribution in [3.8, 4) is 5.75 Å². The normalized spacial score (nSPS) is 13.8. The molecule has 32 heavy (non-hydrogen) atoms. The van der Waals surface area contributed by atoms with Gasteiger partial charge in [0.25, 0.3) is 0 Å². The first-order chi connectivity index (χ1) is 14.5. The standard InChI is InChI=1S/C28H44NO2.ClH/c1-8-28(5,23-27(2,3)4)25-14-16-26(17-15-25)31-21-20-30-19-18-29(6,7)22-24-12-10-9-11-13-24;/h9-17H,8,18-23H2,1-7H3;1H/q+1;/p-1. The predicted molar refractivity (Wildman–Crippen MR) is 132 cm³/mol. The molecule has 1 unspecified atom stereocenters. The highest BCUT2D eigenvalue weighted by molar-refractivity contribution is 5.32. The first-order valence-electron chi connectivity index (χ1n) is 11.7. The lowest BCUT2D eigenvalue weighted by Crippen LogP contribution is -3.00. The molecule has 0 aromatic heterocycles. The minimum Gasteiger partial charge on any atom is -1.00 e. The fourth-order valence-electron chi connectivity index (χ4n) is 4.34. The maximum Gasteiger partial charge on any atom is 0.119 e. The Hall–Kier alpha value is -1.55. The fourth-order valence-corrected chi connectivity index (χ4v) is 4.34. The van der Waals surface area contributed by atoms with Crippen molar-refractivity contribution in [2.75, 3.05) is 40.5 Å². The zero-order valence-electron chi connectivity index (χ0n) is 21.3. The molecule has 0 heterocycles. The lowest BCUT2D eigenvalue weighted by molar-refractivity contribution is -0.904. The van der Waals surface area contributed by atoms with Crippen LogP contribution in [0.1, 0.15) is 58.6 Å². The third kappa shape index (κ3) is 9.94. The van der Waals surface area contributed by atoms with E-state index in [0.29, 0.717) is 18.6 Å². The van der Waals surface area contributed by atoms with E-state index in [2.05, 4.69) is 103 Å². The van der Waals surface area contributed by atoms with E-state index in [1.54, 1.807) is 0 Å². The fraction of sp³-hybridized carbons (Fsp3) is 0.571. The van der Waals surface area contributed by atoms with E-state index in [4.69, 9.17) is 9.47 Å². The number of halogens is 1. The van der Waals surface area contributed by atoms with E-state index >= 15 is 0 Å². The summed E-state index contributed by atoms with van der Waals surface area (Å²) in [6, 6.07) is 19.3. The van der Waals surface area contributed by atoms with Crippen LogP contribution in [0.15, 0.2) is 54.6 Å². The van der Waals surface area contributed by atoms with E-state index in [0.717, 1.165) is 36.3 Å². The van der Waals surface area contributed by atoms with Crippen LogP contribution in [0.2, 0.25) is 0 Å². The molecule has 0 saturated carbocycles. The Balaban J connectivity index is 0.00000512. The number of rotatable bonds is 12. The van der Waals surface area contributed by atoms with Gasteiger partial charge in [0.1, 0.15) is 25.4 Å². The third-order valence-electron chi connectivity index (χ3n) is 6.04. The highest BCUT2D eigenvalue weighted by Gasteiger charge is 2.30. The zero-order chi connectivity index (χ0) is 23.0. The first kappa shape index (κ1) is 28.5. The van der Waals surface area contributed by atoms with Crippen molar-refractivity contribution >= 4 is 0 Å². The van der Waals surface area contributed by atoms with Crippen molar-refractivity contribution < 1.29 is 26.4 Å². The molecule has 2 aromatic rings. The number of nitrogens with zero attached hydrogens (tertiary/aromatic N) is 1. The molecule has 4 heteroatoms.